The Balaban J connectivity index is 1.65. The Kier molecular flexibility index (Phi) is 7.02. The van der Waals surface area contributed by atoms with Crippen LogP contribution in [0, 0.1) is 13.8 Å². The first-order chi connectivity index (χ1) is 16.7. The first-order valence-corrected chi connectivity index (χ1v) is 11.9. The van der Waals surface area contributed by atoms with Gasteiger partial charge in [0.1, 0.15) is 6.61 Å². The van der Waals surface area contributed by atoms with Crippen LogP contribution < -0.4 is 10.9 Å². The highest BCUT2D eigenvalue weighted by Crippen LogP contribution is 2.30. The lowest BCUT2D eigenvalue weighted by Gasteiger charge is -2.31. The van der Waals surface area contributed by atoms with Crippen LogP contribution in [0.3, 0.4) is 0 Å². The average Bonchev–Trinajstić information content (AvgIpc) is 3.26. The number of hydrogen-bond donors (Lipinski definition) is 3. The maximum absolute atomic E-state index is 13.3. The maximum atomic E-state index is 13.3. The topological polar surface area (TPSA) is 133 Å². The van der Waals surface area contributed by atoms with Gasteiger partial charge in [-0.05, 0) is 58.2 Å². The van der Waals surface area contributed by atoms with Crippen LogP contribution in [-0.2, 0) is 11.3 Å². The Morgan fingerprint density at radius 1 is 1.23 bits per heavy atom. The van der Waals surface area contributed by atoms with Crippen molar-refractivity contribution in [3.8, 4) is 0 Å². The van der Waals surface area contributed by atoms with E-state index in [9.17, 15) is 14.4 Å². The van der Waals surface area contributed by atoms with Gasteiger partial charge in [-0.15, -0.1) is 0 Å². The van der Waals surface area contributed by atoms with Crippen LogP contribution in [0.2, 0.25) is 0 Å². The lowest BCUT2D eigenvalue weighted by Crippen LogP contribution is -2.39. The second-order valence-electron chi connectivity index (χ2n) is 9.45. The zero-order valence-electron chi connectivity index (χ0n) is 20.6. The highest BCUT2D eigenvalue weighted by atomic mass is 16.3. The summed E-state index contributed by atoms with van der Waals surface area (Å²) in [6.45, 7) is 8.37. The number of nitrogens with one attached hydrogen (secondary N) is 2. The average molecular weight is 481 g/mol. The molecule has 4 heterocycles. The zero-order valence-corrected chi connectivity index (χ0v) is 20.6. The number of aliphatic hydroxyl groups is 1. The van der Waals surface area contributed by atoms with E-state index in [1.54, 1.807) is 15.8 Å². The van der Waals surface area contributed by atoms with E-state index < -0.39 is 6.61 Å². The molecule has 186 valence electrons. The summed E-state index contributed by atoms with van der Waals surface area (Å²) in [5.41, 5.74) is 3.80. The van der Waals surface area contributed by atoms with Crippen LogP contribution in [0.25, 0.3) is 11.0 Å². The molecular weight excluding hydrogens is 448 g/mol. The fraction of sp³-hybridized carbons (Fsp3) is 0.480. The Morgan fingerprint density at radius 3 is 2.57 bits per heavy atom. The number of aliphatic hydroxyl groups excluding tert-OH is 1. The summed E-state index contributed by atoms with van der Waals surface area (Å²) in [5.74, 6) is -0.494. The number of nitrogens with zero attached hydrogens (tertiary/aromatic N) is 4. The van der Waals surface area contributed by atoms with E-state index in [-0.39, 0.29) is 35.9 Å². The largest absolute Gasteiger partial charge is 0.387 e. The number of H-pyrrole nitrogens is 1. The van der Waals surface area contributed by atoms with Crippen LogP contribution in [0.15, 0.2) is 23.1 Å². The number of piperidine rings is 1. The fourth-order valence-corrected chi connectivity index (χ4v) is 4.70. The smallest absolute Gasteiger partial charge is 0.253 e. The zero-order chi connectivity index (χ0) is 25.3. The van der Waals surface area contributed by atoms with Gasteiger partial charge in [-0.1, -0.05) is 0 Å². The van der Waals surface area contributed by atoms with Crippen LogP contribution in [0.1, 0.15) is 71.5 Å². The van der Waals surface area contributed by atoms with E-state index >= 15 is 0 Å². The van der Waals surface area contributed by atoms with Gasteiger partial charge >= 0.3 is 0 Å². The normalized spacial score (nSPS) is 14.6. The van der Waals surface area contributed by atoms with Gasteiger partial charge < -0.3 is 20.3 Å². The Hall–Kier alpha value is -3.53. The minimum absolute atomic E-state index is 0.0592. The van der Waals surface area contributed by atoms with Crippen molar-refractivity contribution < 1.29 is 14.7 Å². The van der Waals surface area contributed by atoms with Gasteiger partial charge in [-0.3, -0.25) is 14.4 Å². The van der Waals surface area contributed by atoms with Crippen molar-refractivity contribution >= 4 is 22.8 Å². The van der Waals surface area contributed by atoms with E-state index in [4.69, 9.17) is 10.1 Å². The lowest BCUT2D eigenvalue weighted by molar-refractivity contribution is -0.135. The summed E-state index contributed by atoms with van der Waals surface area (Å²) in [5, 5.41) is 17.2. The monoisotopic (exact) mass is 480 g/mol. The molecule has 0 atom stereocenters. The molecule has 0 saturated carbocycles. The second-order valence-corrected chi connectivity index (χ2v) is 9.45. The van der Waals surface area contributed by atoms with Crippen LogP contribution >= 0.6 is 0 Å². The molecule has 4 rings (SSSR count). The van der Waals surface area contributed by atoms with Crippen molar-refractivity contribution in [3.63, 3.8) is 0 Å². The number of aryl methyl sites for hydroxylation is 2. The second kappa shape index (κ2) is 9.99. The van der Waals surface area contributed by atoms with Gasteiger partial charge in [0.2, 0.25) is 5.91 Å². The van der Waals surface area contributed by atoms with Gasteiger partial charge in [0, 0.05) is 48.5 Å². The molecule has 10 heteroatoms. The number of hydrogen-bond acceptors (Lipinski definition) is 6. The fourth-order valence-electron chi connectivity index (χ4n) is 4.70. The molecule has 0 unspecified atom stereocenters. The van der Waals surface area contributed by atoms with E-state index in [0.717, 1.165) is 17.0 Å². The van der Waals surface area contributed by atoms with Crippen LogP contribution in [0.5, 0.6) is 0 Å². The SMILES string of the molecule is Cc1cc(C)c(CNC(=O)c2cc(C3CCN(C(=O)CO)CC3)nc3c2cnn3C(C)C)c(=O)[nH]1. The number of rotatable bonds is 6. The highest BCUT2D eigenvalue weighted by molar-refractivity contribution is 6.05. The molecule has 1 fully saturated rings. The molecule has 2 amide bonds. The van der Waals surface area contributed by atoms with E-state index in [1.165, 1.54) is 0 Å². The number of carbonyl (C=O) groups is 2. The highest BCUT2D eigenvalue weighted by Gasteiger charge is 2.27. The molecule has 0 aliphatic carbocycles. The Bertz CT molecular complexity index is 1320. The summed E-state index contributed by atoms with van der Waals surface area (Å²) in [4.78, 5) is 46.9. The summed E-state index contributed by atoms with van der Waals surface area (Å²) in [6, 6.07) is 3.75. The molecule has 1 aliphatic rings. The third-order valence-corrected chi connectivity index (χ3v) is 6.64. The Morgan fingerprint density at radius 2 is 1.94 bits per heavy atom. The molecule has 3 N–H and O–H groups in total. The standard InChI is InChI=1S/C25H32N6O4/c1-14(2)31-23-20(12-27-31)18(24(34)26-11-19-15(3)9-16(4)28-25(19)35)10-21(29-23)17-5-7-30(8-6-17)22(33)13-32/h9-10,12,14,17,32H,5-8,11,13H2,1-4H3,(H,26,34)(H,28,35). The van der Waals surface area contributed by atoms with E-state index in [0.29, 0.717) is 48.1 Å². The number of amides is 2. The van der Waals surface area contributed by atoms with E-state index in [1.807, 2.05) is 39.8 Å². The lowest BCUT2D eigenvalue weighted by atomic mass is 9.91. The molecular formula is C25H32N6O4. The summed E-state index contributed by atoms with van der Waals surface area (Å²) in [6.07, 6.45) is 3.05. The number of pyridine rings is 2. The molecule has 0 bridgehead atoms. The number of likely N-dealkylation sites (tertiary alicyclic amines) is 1. The maximum Gasteiger partial charge on any atom is 0.253 e. The van der Waals surface area contributed by atoms with Crippen LogP contribution in [-0.4, -0.2) is 61.3 Å². The molecule has 0 radical (unpaired) electrons. The van der Waals surface area contributed by atoms with Gasteiger partial charge in [0.05, 0.1) is 17.1 Å². The first kappa shape index (κ1) is 24.6. The first-order valence-electron chi connectivity index (χ1n) is 11.9. The molecule has 3 aromatic rings. The molecule has 0 aromatic carbocycles. The summed E-state index contributed by atoms with van der Waals surface area (Å²) in [7, 11) is 0. The Labute approximate surface area is 203 Å². The number of aromatic amines is 1. The third kappa shape index (κ3) is 4.97. The molecule has 1 aliphatic heterocycles. The molecule has 3 aromatic heterocycles. The van der Waals surface area contributed by atoms with Crippen molar-refractivity contribution in [1.82, 2.24) is 30.0 Å². The minimum Gasteiger partial charge on any atom is -0.387 e. The van der Waals surface area contributed by atoms with Gasteiger partial charge in [0.25, 0.3) is 11.5 Å². The molecule has 10 nitrogen and oxygen atoms in total. The molecule has 0 spiro atoms. The third-order valence-electron chi connectivity index (χ3n) is 6.64. The predicted octanol–water partition coefficient (Wildman–Crippen LogP) is 1.95. The predicted molar refractivity (Wildman–Crippen MR) is 131 cm³/mol. The van der Waals surface area contributed by atoms with Crippen molar-refractivity contribution in [2.45, 2.75) is 59.0 Å². The van der Waals surface area contributed by atoms with E-state index in [2.05, 4.69) is 15.4 Å². The van der Waals surface area contributed by atoms with Gasteiger partial charge in [0.15, 0.2) is 5.65 Å². The van der Waals surface area contributed by atoms with Crippen molar-refractivity contribution in [1.29, 1.82) is 0 Å². The van der Waals surface area contributed by atoms with Gasteiger partial charge in [-0.2, -0.15) is 5.10 Å². The van der Waals surface area contributed by atoms with Gasteiger partial charge in [-0.25, -0.2) is 9.67 Å². The number of carbonyl (C=O) groups excluding carboxylic acids is 2. The van der Waals surface area contributed by atoms with Crippen molar-refractivity contribution in [2.75, 3.05) is 19.7 Å². The number of fused-ring (bicyclic) bond motifs is 1. The molecule has 35 heavy (non-hydrogen) atoms. The number of aromatic nitrogens is 4. The minimum atomic E-state index is -0.490. The molecule has 1 saturated heterocycles. The van der Waals surface area contributed by atoms with Crippen molar-refractivity contribution in [3.05, 3.63) is 56.8 Å². The summed E-state index contributed by atoms with van der Waals surface area (Å²) >= 11 is 0. The summed E-state index contributed by atoms with van der Waals surface area (Å²) < 4.78 is 1.80. The quantitative estimate of drug-likeness (QED) is 0.494. The van der Waals surface area contributed by atoms with Crippen LogP contribution in [0.4, 0.5) is 0 Å². The van der Waals surface area contributed by atoms with Crippen molar-refractivity contribution in [2.24, 2.45) is 0 Å².